The van der Waals surface area contributed by atoms with Gasteiger partial charge in [0.1, 0.15) is 0 Å². The summed E-state index contributed by atoms with van der Waals surface area (Å²) in [4.78, 5) is 14.2. The Hall–Kier alpha value is -1.40. The first-order valence-corrected chi connectivity index (χ1v) is 9.18. The van der Waals surface area contributed by atoms with E-state index in [-0.39, 0.29) is 10.8 Å². The van der Waals surface area contributed by atoms with Crippen molar-refractivity contribution in [2.75, 3.05) is 26.7 Å². The first-order valence-electron chi connectivity index (χ1n) is 7.74. The van der Waals surface area contributed by atoms with Crippen LogP contribution < -0.4 is 0 Å². The van der Waals surface area contributed by atoms with Gasteiger partial charge in [0.15, 0.2) is 0 Å². The smallest absolute Gasteiger partial charge is 0.253 e. The number of sulfonamides is 1. The van der Waals surface area contributed by atoms with Crippen LogP contribution in [0.25, 0.3) is 0 Å². The lowest BCUT2D eigenvalue weighted by atomic mass is 10.2. The third-order valence-electron chi connectivity index (χ3n) is 3.67. The van der Waals surface area contributed by atoms with Gasteiger partial charge in [-0.05, 0) is 38.5 Å². The van der Waals surface area contributed by atoms with E-state index in [2.05, 4.69) is 0 Å². The van der Waals surface area contributed by atoms with Crippen LogP contribution in [0, 0.1) is 0 Å². The van der Waals surface area contributed by atoms with Gasteiger partial charge in [0.05, 0.1) is 4.90 Å². The molecule has 0 aliphatic carbocycles. The van der Waals surface area contributed by atoms with Crippen LogP contribution >= 0.6 is 0 Å². The topological polar surface area (TPSA) is 57.7 Å². The zero-order chi connectivity index (χ0) is 16.8. The van der Waals surface area contributed by atoms with Gasteiger partial charge in [-0.2, -0.15) is 0 Å². The third kappa shape index (κ3) is 4.30. The molecule has 0 spiro atoms. The van der Waals surface area contributed by atoms with Gasteiger partial charge < -0.3 is 4.90 Å². The highest BCUT2D eigenvalue weighted by Gasteiger charge is 2.22. The summed E-state index contributed by atoms with van der Waals surface area (Å²) in [5.74, 6) is -0.140. The van der Waals surface area contributed by atoms with E-state index in [0.29, 0.717) is 25.2 Å². The average Bonchev–Trinajstić information content (AvgIpc) is 2.53. The van der Waals surface area contributed by atoms with Crippen LogP contribution in [0.5, 0.6) is 0 Å². The van der Waals surface area contributed by atoms with Crippen molar-refractivity contribution in [2.24, 2.45) is 0 Å². The molecular weight excluding hydrogens is 300 g/mol. The first-order chi connectivity index (χ1) is 10.4. The van der Waals surface area contributed by atoms with Crippen LogP contribution in [-0.4, -0.2) is 50.2 Å². The van der Waals surface area contributed by atoms with Gasteiger partial charge in [-0.1, -0.05) is 19.4 Å². The van der Waals surface area contributed by atoms with Gasteiger partial charge in [-0.25, -0.2) is 12.7 Å². The Morgan fingerprint density at radius 3 is 2.32 bits per heavy atom. The molecule has 1 aromatic carbocycles. The molecule has 1 rings (SSSR count). The molecule has 0 aromatic heterocycles. The second kappa shape index (κ2) is 8.29. The Morgan fingerprint density at radius 2 is 1.77 bits per heavy atom. The van der Waals surface area contributed by atoms with Gasteiger partial charge in [0.2, 0.25) is 10.0 Å². The van der Waals surface area contributed by atoms with E-state index in [1.807, 2.05) is 20.8 Å². The highest BCUT2D eigenvalue weighted by Crippen LogP contribution is 2.17. The number of rotatable bonds is 8. The Morgan fingerprint density at radius 1 is 1.14 bits per heavy atom. The van der Waals surface area contributed by atoms with Gasteiger partial charge in [-0.15, -0.1) is 0 Å². The van der Waals surface area contributed by atoms with Crippen molar-refractivity contribution in [3.05, 3.63) is 29.8 Å². The number of unbranched alkanes of at least 4 members (excludes halogenated alkanes) is 1. The molecule has 0 N–H and O–H groups in total. The second-order valence-electron chi connectivity index (χ2n) is 5.19. The summed E-state index contributed by atoms with van der Waals surface area (Å²) >= 11 is 0. The molecule has 0 unspecified atom stereocenters. The molecule has 0 aliphatic rings. The van der Waals surface area contributed by atoms with E-state index >= 15 is 0 Å². The van der Waals surface area contributed by atoms with Crippen molar-refractivity contribution in [3.63, 3.8) is 0 Å². The molecule has 0 saturated heterocycles. The van der Waals surface area contributed by atoms with Crippen LogP contribution in [0.3, 0.4) is 0 Å². The standard InChI is InChI=1S/C16H26N2O3S/c1-5-8-12-17(4)22(20,21)15-11-9-10-14(13-15)16(19)18(6-2)7-3/h9-11,13H,5-8,12H2,1-4H3. The number of amides is 1. The van der Waals surface area contributed by atoms with E-state index in [1.165, 1.54) is 16.4 Å². The van der Waals surface area contributed by atoms with Crippen LogP contribution in [-0.2, 0) is 10.0 Å². The minimum absolute atomic E-state index is 0.140. The summed E-state index contributed by atoms with van der Waals surface area (Å²) in [7, 11) is -1.97. The van der Waals surface area contributed by atoms with Crippen LogP contribution in [0.1, 0.15) is 44.0 Å². The molecule has 0 atom stereocenters. The average molecular weight is 326 g/mol. The molecule has 124 valence electrons. The highest BCUT2D eigenvalue weighted by molar-refractivity contribution is 7.89. The molecular formula is C16H26N2O3S. The summed E-state index contributed by atoms with van der Waals surface area (Å²) in [6, 6.07) is 6.29. The number of nitrogens with zero attached hydrogens (tertiary/aromatic N) is 2. The zero-order valence-corrected chi connectivity index (χ0v) is 14.7. The molecule has 0 heterocycles. The minimum atomic E-state index is -3.54. The van der Waals surface area contributed by atoms with Gasteiger partial charge >= 0.3 is 0 Å². The lowest BCUT2D eigenvalue weighted by Gasteiger charge is -2.20. The summed E-state index contributed by atoms with van der Waals surface area (Å²) < 4.78 is 26.4. The van der Waals surface area contributed by atoms with Gasteiger partial charge in [0.25, 0.3) is 5.91 Å². The van der Waals surface area contributed by atoms with Crippen LogP contribution in [0.15, 0.2) is 29.2 Å². The van der Waals surface area contributed by atoms with Crippen LogP contribution in [0.4, 0.5) is 0 Å². The highest BCUT2D eigenvalue weighted by atomic mass is 32.2. The monoisotopic (exact) mass is 326 g/mol. The van der Waals surface area contributed by atoms with E-state index in [1.54, 1.807) is 24.1 Å². The molecule has 0 saturated carbocycles. The molecule has 0 fully saturated rings. The van der Waals surface area contributed by atoms with E-state index in [9.17, 15) is 13.2 Å². The van der Waals surface area contributed by atoms with Crippen molar-refractivity contribution in [1.29, 1.82) is 0 Å². The van der Waals surface area contributed by atoms with E-state index in [0.717, 1.165) is 12.8 Å². The largest absolute Gasteiger partial charge is 0.339 e. The maximum atomic E-state index is 12.5. The fourth-order valence-corrected chi connectivity index (χ4v) is 3.42. The van der Waals surface area contributed by atoms with Crippen molar-refractivity contribution >= 4 is 15.9 Å². The lowest BCUT2D eigenvalue weighted by Crippen LogP contribution is -2.31. The first kappa shape index (κ1) is 18.6. The molecule has 5 nitrogen and oxygen atoms in total. The predicted molar refractivity (Wildman–Crippen MR) is 88.4 cm³/mol. The Balaban J connectivity index is 3.08. The Labute approximate surface area is 134 Å². The SMILES string of the molecule is CCCCN(C)S(=O)(=O)c1cccc(C(=O)N(CC)CC)c1. The number of hydrogen-bond donors (Lipinski definition) is 0. The van der Waals surface area contributed by atoms with Crippen molar-refractivity contribution in [1.82, 2.24) is 9.21 Å². The molecule has 0 radical (unpaired) electrons. The zero-order valence-electron chi connectivity index (χ0n) is 13.9. The maximum Gasteiger partial charge on any atom is 0.253 e. The summed E-state index contributed by atoms with van der Waals surface area (Å²) in [6.45, 7) is 7.50. The number of carbonyl (C=O) groups is 1. The molecule has 1 aromatic rings. The van der Waals surface area contributed by atoms with Crippen molar-refractivity contribution in [2.45, 2.75) is 38.5 Å². The lowest BCUT2D eigenvalue weighted by molar-refractivity contribution is 0.0772. The normalized spacial score (nSPS) is 11.7. The number of carbonyl (C=O) groups excluding carboxylic acids is 1. The van der Waals surface area contributed by atoms with E-state index < -0.39 is 10.0 Å². The number of hydrogen-bond acceptors (Lipinski definition) is 3. The Bertz CT molecular complexity index is 595. The summed E-state index contributed by atoms with van der Waals surface area (Å²) in [5.41, 5.74) is 0.411. The van der Waals surface area contributed by atoms with Gasteiger partial charge in [0, 0.05) is 32.2 Å². The third-order valence-corrected chi connectivity index (χ3v) is 5.52. The Kier molecular flexibility index (Phi) is 7.03. The maximum absolute atomic E-state index is 12.5. The summed E-state index contributed by atoms with van der Waals surface area (Å²) in [5, 5.41) is 0. The van der Waals surface area contributed by atoms with Crippen molar-refractivity contribution in [3.8, 4) is 0 Å². The molecule has 0 bridgehead atoms. The fraction of sp³-hybridized carbons (Fsp3) is 0.562. The molecule has 6 heteroatoms. The number of benzene rings is 1. The van der Waals surface area contributed by atoms with Crippen LogP contribution in [0.2, 0.25) is 0 Å². The molecule has 0 aliphatic heterocycles. The minimum Gasteiger partial charge on any atom is -0.339 e. The summed E-state index contributed by atoms with van der Waals surface area (Å²) in [6.07, 6.45) is 1.74. The second-order valence-corrected chi connectivity index (χ2v) is 7.23. The van der Waals surface area contributed by atoms with E-state index in [4.69, 9.17) is 0 Å². The molecule has 1 amide bonds. The van der Waals surface area contributed by atoms with Gasteiger partial charge in [-0.3, -0.25) is 4.79 Å². The fourth-order valence-electron chi connectivity index (χ4n) is 2.16. The predicted octanol–water partition coefficient (Wildman–Crippen LogP) is 2.59. The quantitative estimate of drug-likeness (QED) is 0.738. The molecule has 22 heavy (non-hydrogen) atoms. The van der Waals surface area contributed by atoms with Crippen molar-refractivity contribution < 1.29 is 13.2 Å².